The Labute approximate surface area is 141 Å². The summed E-state index contributed by atoms with van der Waals surface area (Å²) in [6, 6.07) is 8.23. The van der Waals surface area contributed by atoms with E-state index in [1.54, 1.807) is 6.33 Å². The molecule has 0 N–H and O–H groups in total. The molecule has 6 heteroatoms. The lowest BCUT2D eigenvalue weighted by Crippen LogP contribution is -2.38. The van der Waals surface area contributed by atoms with E-state index in [0.29, 0.717) is 5.92 Å². The first-order valence-electron chi connectivity index (χ1n) is 8.53. The lowest BCUT2D eigenvalue weighted by molar-refractivity contribution is 0.347. The van der Waals surface area contributed by atoms with Crippen LogP contribution >= 0.6 is 0 Å². The van der Waals surface area contributed by atoms with Crippen molar-refractivity contribution in [3.63, 3.8) is 0 Å². The third kappa shape index (κ3) is 2.84. The van der Waals surface area contributed by atoms with Crippen molar-refractivity contribution < 1.29 is 0 Å². The van der Waals surface area contributed by atoms with Crippen LogP contribution in [0.15, 0.2) is 30.6 Å². The number of piperidine rings is 1. The predicted molar refractivity (Wildman–Crippen MR) is 94.0 cm³/mol. The van der Waals surface area contributed by atoms with Gasteiger partial charge in [0, 0.05) is 25.0 Å². The minimum absolute atomic E-state index is 0.562. The van der Waals surface area contributed by atoms with E-state index in [0.717, 1.165) is 48.0 Å². The number of nitrogens with zero attached hydrogens (tertiary/aromatic N) is 6. The fourth-order valence-corrected chi connectivity index (χ4v) is 3.63. The minimum atomic E-state index is 0.562. The second-order valence-electron chi connectivity index (χ2n) is 6.56. The first-order valence-corrected chi connectivity index (χ1v) is 8.53. The van der Waals surface area contributed by atoms with Crippen LogP contribution in [0.4, 0.5) is 5.82 Å². The molecule has 2 aromatic heterocycles. The van der Waals surface area contributed by atoms with Crippen molar-refractivity contribution in [1.29, 1.82) is 0 Å². The highest BCUT2D eigenvalue weighted by molar-refractivity contribution is 5.89. The highest BCUT2D eigenvalue weighted by Crippen LogP contribution is 2.27. The molecule has 0 unspecified atom stereocenters. The molecule has 4 rings (SSSR count). The van der Waals surface area contributed by atoms with Gasteiger partial charge >= 0.3 is 0 Å². The van der Waals surface area contributed by atoms with Crippen molar-refractivity contribution in [2.24, 2.45) is 5.92 Å². The van der Waals surface area contributed by atoms with Crippen LogP contribution < -0.4 is 4.90 Å². The molecule has 24 heavy (non-hydrogen) atoms. The summed E-state index contributed by atoms with van der Waals surface area (Å²) in [5.41, 5.74) is 1.01. The van der Waals surface area contributed by atoms with E-state index in [9.17, 15) is 0 Å². The number of rotatable bonds is 3. The smallest absolute Gasteiger partial charge is 0.147 e. The minimum Gasteiger partial charge on any atom is -0.356 e. The Morgan fingerprint density at radius 2 is 2.04 bits per heavy atom. The second kappa shape index (κ2) is 6.19. The molecular weight excluding hydrogens is 300 g/mol. The average molecular weight is 322 g/mol. The summed E-state index contributed by atoms with van der Waals surface area (Å²) < 4.78 is 2.04. The van der Waals surface area contributed by atoms with Gasteiger partial charge in [0.05, 0.1) is 5.52 Å². The molecule has 0 spiro atoms. The molecule has 3 aromatic rings. The van der Waals surface area contributed by atoms with E-state index >= 15 is 0 Å². The first-order chi connectivity index (χ1) is 11.7. The van der Waals surface area contributed by atoms with Crippen LogP contribution in [-0.4, -0.2) is 37.8 Å². The van der Waals surface area contributed by atoms with Crippen molar-refractivity contribution in [2.45, 2.75) is 33.2 Å². The van der Waals surface area contributed by atoms with Gasteiger partial charge in [-0.2, -0.15) is 5.10 Å². The maximum absolute atomic E-state index is 4.57. The van der Waals surface area contributed by atoms with Gasteiger partial charge in [0.2, 0.25) is 0 Å². The Hall–Kier alpha value is -2.50. The maximum atomic E-state index is 4.57. The van der Waals surface area contributed by atoms with Gasteiger partial charge in [0.15, 0.2) is 0 Å². The van der Waals surface area contributed by atoms with Gasteiger partial charge in [-0.1, -0.05) is 12.1 Å². The summed E-state index contributed by atoms with van der Waals surface area (Å²) in [5.74, 6) is 3.46. The number of fused-ring (bicyclic) bond motifs is 1. The molecule has 0 bridgehead atoms. The number of hydrogen-bond acceptors (Lipinski definition) is 5. The van der Waals surface area contributed by atoms with Crippen LogP contribution in [0.25, 0.3) is 10.9 Å². The molecule has 0 saturated carbocycles. The molecule has 1 atom stereocenters. The summed E-state index contributed by atoms with van der Waals surface area (Å²) >= 11 is 0. The van der Waals surface area contributed by atoms with E-state index in [-0.39, 0.29) is 0 Å². The van der Waals surface area contributed by atoms with Gasteiger partial charge in [0.1, 0.15) is 23.8 Å². The molecule has 0 radical (unpaired) electrons. The van der Waals surface area contributed by atoms with Crippen LogP contribution in [0.3, 0.4) is 0 Å². The zero-order chi connectivity index (χ0) is 16.5. The second-order valence-corrected chi connectivity index (χ2v) is 6.56. The van der Waals surface area contributed by atoms with E-state index in [4.69, 9.17) is 0 Å². The maximum Gasteiger partial charge on any atom is 0.147 e. The Morgan fingerprint density at radius 3 is 2.88 bits per heavy atom. The van der Waals surface area contributed by atoms with Gasteiger partial charge < -0.3 is 4.90 Å². The highest BCUT2D eigenvalue weighted by Gasteiger charge is 2.23. The zero-order valence-electron chi connectivity index (χ0n) is 14.2. The zero-order valence-corrected chi connectivity index (χ0v) is 14.2. The largest absolute Gasteiger partial charge is 0.356 e. The van der Waals surface area contributed by atoms with Gasteiger partial charge in [-0.15, -0.1) is 0 Å². The molecule has 6 nitrogen and oxygen atoms in total. The van der Waals surface area contributed by atoms with Crippen LogP contribution in [0.5, 0.6) is 0 Å². The molecule has 1 saturated heterocycles. The molecule has 0 aliphatic carbocycles. The Balaban J connectivity index is 1.57. The lowest BCUT2D eigenvalue weighted by Gasteiger charge is -2.34. The number of benzene rings is 1. The van der Waals surface area contributed by atoms with Crippen LogP contribution in [0.2, 0.25) is 0 Å². The fraction of sp³-hybridized carbons (Fsp3) is 0.444. The topological polar surface area (TPSA) is 59.7 Å². The molecule has 1 aliphatic heterocycles. The fourth-order valence-electron chi connectivity index (χ4n) is 3.63. The van der Waals surface area contributed by atoms with Gasteiger partial charge in [-0.05, 0) is 44.7 Å². The molecular formula is C18H22N6. The van der Waals surface area contributed by atoms with Crippen molar-refractivity contribution in [1.82, 2.24) is 24.7 Å². The third-order valence-corrected chi connectivity index (χ3v) is 4.73. The van der Waals surface area contributed by atoms with E-state index in [1.165, 1.54) is 12.8 Å². The third-order valence-electron chi connectivity index (χ3n) is 4.73. The average Bonchev–Trinajstić information content (AvgIpc) is 2.92. The van der Waals surface area contributed by atoms with Crippen molar-refractivity contribution in [2.75, 3.05) is 18.0 Å². The Bertz CT molecular complexity index is 850. The Kier molecular flexibility index (Phi) is 3.88. The highest BCUT2D eigenvalue weighted by atomic mass is 15.3. The summed E-state index contributed by atoms with van der Waals surface area (Å²) in [7, 11) is 0. The number of para-hydroxylation sites is 1. The quantitative estimate of drug-likeness (QED) is 0.742. The van der Waals surface area contributed by atoms with Crippen molar-refractivity contribution >= 4 is 16.7 Å². The standard InChI is InChI=1S/C18H22N6/c1-13-21-14(2)24(22-13)11-15-6-5-9-23(10-15)18-16-7-3-4-8-17(16)19-12-20-18/h3-4,7-8,12,15H,5-6,9-11H2,1-2H3/t15-/m1/s1. The van der Waals surface area contributed by atoms with E-state index in [2.05, 4.69) is 37.1 Å². The summed E-state index contributed by atoms with van der Waals surface area (Å²) in [5, 5.41) is 5.65. The monoisotopic (exact) mass is 322 g/mol. The predicted octanol–water partition coefficient (Wildman–Crippen LogP) is 2.75. The number of aromatic nitrogens is 5. The van der Waals surface area contributed by atoms with Crippen molar-refractivity contribution in [3.05, 3.63) is 42.2 Å². The van der Waals surface area contributed by atoms with Crippen molar-refractivity contribution in [3.8, 4) is 0 Å². The van der Waals surface area contributed by atoms with Crippen LogP contribution in [-0.2, 0) is 6.54 Å². The van der Waals surface area contributed by atoms with Gasteiger partial charge in [-0.25, -0.2) is 19.6 Å². The summed E-state index contributed by atoms with van der Waals surface area (Å²) in [6.07, 6.45) is 4.07. The number of aryl methyl sites for hydroxylation is 2. The molecule has 1 aromatic carbocycles. The Morgan fingerprint density at radius 1 is 1.17 bits per heavy atom. The summed E-state index contributed by atoms with van der Waals surface area (Å²) in [4.78, 5) is 15.8. The van der Waals surface area contributed by atoms with E-state index in [1.807, 2.05) is 30.7 Å². The molecule has 0 amide bonds. The molecule has 1 fully saturated rings. The molecule has 1 aliphatic rings. The summed E-state index contributed by atoms with van der Waals surface area (Å²) in [6.45, 7) is 6.95. The van der Waals surface area contributed by atoms with Crippen LogP contribution in [0.1, 0.15) is 24.5 Å². The van der Waals surface area contributed by atoms with Gasteiger partial charge in [0.25, 0.3) is 0 Å². The SMILES string of the molecule is Cc1nc(C)n(C[C@@H]2CCCN(c3ncnc4ccccc34)C2)n1. The van der Waals surface area contributed by atoms with E-state index < -0.39 is 0 Å². The molecule has 124 valence electrons. The normalized spacial score (nSPS) is 18.2. The van der Waals surface area contributed by atoms with Gasteiger partial charge in [-0.3, -0.25) is 0 Å². The number of hydrogen-bond donors (Lipinski definition) is 0. The lowest BCUT2D eigenvalue weighted by atomic mass is 9.97. The van der Waals surface area contributed by atoms with Crippen LogP contribution in [0, 0.1) is 19.8 Å². The molecule has 3 heterocycles. The number of anilines is 1. The first kappa shape index (κ1) is 15.1.